The van der Waals surface area contributed by atoms with Crippen LogP contribution in [0.2, 0.25) is 0 Å². The van der Waals surface area contributed by atoms with Gasteiger partial charge in [-0.05, 0) is 36.2 Å². The average molecular weight is 367 g/mol. The summed E-state index contributed by atoms with van der Waals surface area (Å²) in [5.74, 6) is 0.344. The molecule has 5 heteroatoms. The molecule has 136 valence electrons. The van der Waals surface area contributed by atoms with Gasteiger partial charge >= 0.3 is 0 Å². The van der Waals surface area contributed by atoms with Gasteiger partial charge in [-0.25, -0.2) is 4.98 Å². The number of amides is 1. The predicted molar refractivity (Wildman–Crippen MR) is 108 cm³/mol. The number of hydrogen-bond acceptors (Lipinski definition) is 3. The maximum absolute atomic E-state index is 13.4. The third-order valence-corrected chi connectivity index (χ3v) is 5.09. The molecule has 2 heterocycles. The lowest BCUT2D eigenvalue weighted by Gasteiger charge is -2.19. The number of aromatic nitrogens is 2. The van der Waals surface area contributed by atoms with E-state index in [1.165, 1.54) is 0 Å². The lowest BCUT2D eigenvalue weighted by atomic mass is 10.0. The lowest BCUT2D eigenvalue weighted by Crippen LogP contribution is -2.31. The normalized spacial score (nSPS) is 15.4. The highest BCUT2D eigenvalue weighted by Crippen LogP contribution is 2.26. The Morgan fingerprint density at radius 1 is 0.857 bits per heavy atom. The summed E-state index contributed by atoms with van der Waals surface area (Å²) in [5.41, 5.74) is 2.56. The highest BCUT2D eigenvalue weighted by Gasteiger charge is 2.29. The zero-order valence-corrected chi connectivity index (χ0v) is 15.0. The highest BCUT2D eigenvalue weighted by molar-refractivity contribution is 5.98. The molecule has 0 bridgehead atoms. The van der Waals surface area contributed by atoms with E-state index in [0.29, 0.717) is 34.4 Å². The molecule has 0 unspecified atom stereocenters. The van der Waals surface area contributed by atoms with Crippen LogP contribution in [0.15, 0.2) is 83.7 Å². The molecular weight excluding hydrogens is 350 g/mol. The van der Waals surface area contributed by atoms with Crippen LogP contribution in [-0.2, 0) is 6.42 Å². The molecule has 0 saturated carbocycles. The number of nitrogens with zero attached hydrogens (tertiary/aromatic N) is 2. The summed E-state index contributed by atoms with van der Waals surface area (Å²) in [6.45, 7) is 0. The van der Waals surface area contributed by atoms with E-state index in [9.17, 15) is 9.59 Å². The summed E-state index contributed by atoms with van der Waals surface area (Å²) >= 11 is 0. The van der Waals surface area contributed by atoms with Gasteiger partial charge < -0.3 is 5.32 Å². The summed E-state index contributed by atoms with van der Waals surface area (Å²) in [7, 11) is 0. The third kappa shape index (κ3) is 2.60. The Hall–Kier alpha value is -3.73. The van der Waals surface area contributed by atoms with E-state index in [2.05, 4.69) is 5.32 Å². The van der Waals surface area contributed by atoms with Crippen LogP contribution < -0.4 is 10.9 Å². The van der Waals surface area contributed by atoms with Gasteiger partial charge in [0.1, 0.15) is 5.82 Å². The quantitative estimate of drug-likeness (QED) is 0.590. The number of carbonyl (C=O) groups excluding carboxylic acids is 1. The first-order valence-electron chi connectivity index (χ1n) is 9.18. The Kier molecular flexibility index (Phi) is 3.79. The van der Waals surface area contributed by atoms with Crippen molar-refractivity contribution in [1.29, 1.82) is 0 Å². The van der Waals surface area contributed by atoms with E-state index in [1.54, 1.807) is 28.8 Å². The van der Waals surface area contributed by atoms with Gasteiger partial charge in [-0.1, -0.05) is 54.6 Å². The van der Waals surface area contributed by atoms with Gasteiger partial charge in [0.05, 0.1) is 28.2 Å². The molecule has 0 saturated heterocycles. The standard InChI is InChI=1S/C23H17N3O2/c27-22-17-11-5-7-13-20(17)26-21(19(25-22)14-15-8-2-1-3-9-15)24-18-12-6-4-10-16(18)23(26)28/h1-13,19H,14H2,(H,25,27)/t19-/m0/s1. The number of nitrogens with one attached hydrogen (secondary N) is 1. The van der Waals surface area contributed by atoms with Gasteiger partial charge in [-0.3, -0.25) is 14.2 Å². The van der Waals surface area contributed by atoms with Gasteiger partial charge in [0.25, 0.3) is 11.5 Å². The molecule has 1 aliphatic rings. The van der Waals surface area contributed by atoms with Crippen molar-refractivity contribution in [2.75, 3.05) is 0 Å². The molecule has 5 nitrogen and oxygen atoms in total. The topological polar surface area (TPSA) is 64.0 Å². The van der Waals surface area contributed by atoms with E-state index in [0.717, 1.165) is 5.56 Å². The molecule has 0 radical (unpaired) electrons. The minimum absolute atomic E-state index is 0.164. The maximum Gasteiger partial charge on any atom is 0.266 e. The maximum atomic E-state index is 13.4. The third-order valence-electron chi connectivity index (χ3n) is 5.09. The molecule has 1 aromatic heterocycles. The minimum Gasteiger partial charge on any atom is -0.342 e. The number of benzene rings is 3. The van der Waals surface area contributed by atoms with Gasteiger partial charge in [-0.2, -0.15) is 0 Å². The molecule has 0 fully saturated rings. The SMILES string of the molecule is O=C1N[C@@H](Cc2ccccc2)c2nc3ccccc3c(=O)n2-c2ccccc21. The Balaban J connectivity index is 1.80. The molecule has 1 amide bonds. The van der Waals surface area contributed by atoms with Crippen LogP contribution in [0.5, 0.6) is 0 Å². The molecule has 1 atom stereocenters. The smallest absolute Gasteiger partial charge is 0.266 e. The molecule has 28 heavy (non-hydrogen) atoms. The second kappa shape index (κ2) is 6.46. The van der Waals surface area contributed by atoms with Crippen molar-refractivity contribution < 1.29 is 4.79 Å². The van der Waals surface area contributed by atoms with Gasteiger partial charge in [0.2, 0.25) is 0 Å². The fourth-order valence-electron chi connectivity index (χ4n) is 3.77. The van der Waals surface area contributed by atoms with Crippen LogP contribution in [-0.4, -0.2) is 15.5 Å². The van der Waals surface area contributed by atoms with Crippen LogP contribution in [0, 0.1) is 0 Å². The predicted octanol–water partition coefficient (Wildman–Crippen LogP) is 3.41. The number of carbonyl (C=O) groups is 1. The van der Waals surface area contributed by atoms with Crippen molar-refractivity contribution in [3.63, 3.8) is 0 Å². The number of para-hydroxylation sites is 2. The number of hydrogen-bond donors (Lipinski definition) is 1. The van der Waals surface area contributed by atoms with Crippen LogP contribution >= 0.6 is 0 Å². The lowest BCUT2D eigenvalue weighted by molar-refractivity contribution is 0.0938. The zero-order valence-electron chi connectivity index (χ0n) is 15.0. The second-order valence-electron chi connectivity index (χ2n) is 6.86. The van der Waals surface area contributed by atoms with Crippen LogP contribution in [0.4, 0.5) is 0 Å². The van der Waals surface area contributed by atoms with Crippen molar-refractivity contribution >= 4 is 16.8 Å². The first-order chi connectivity index (χ1) is 13.7. The molecule has 3 aromatic carbocycles. The Morgan fingerprint density at radius 3 is 2.43 bits per heavy atom. The average Bonchev–Trinajstić information content (AvgIpc) is 2.84. The van der Waals surface area contributed by atoms with Gasteiger partial charge in [0.15, 0.2) is 0 Å². The minimum atomic E-state index is -0.417. The summed E-state index contributed by atoms with van der Waals surface area (Å²) in [6.07, 6.45) is 0.547. The van der Waals surface area contributed by atoms with E-state index >= 15 is 0 Å². The van der Waals surface area contributed by atoms with E-state index in [-0.39, 0.29) is 11.5 Å². The molecule has 5 rings (SSSR count). The van der Waals surface area contributed by atoms with Crippen molar-refractivity contribution in [2.45, 2.75) is 12.5 Å². The van der Waals surface area contributed by atoms with E-state index in [1.807, 2.05) is 54.6 Å². The molecule has 1 N–H and O–H groups in total. The van der Waals surface area contributed by atoms with Crippen molar-refractivity contribution in [3.8, 4) is 5.69 Å². The first kappa shape index (κ1) is 16.4. The molecule has 0 aliphatic carbocycles. The summed E-state index contributed by atoms with van der Waals surface area (Å²) in [5, 5.41) is 3.61. The zero-order chi connectivity index (χ0) is 19.1. The molecule has 1 aliphatic heterocycles. The van der Waals surface area contributed by atoms with Crippen molar-refractivity contribution in [3.05, 3.63) is 106 Å². The van der Waals surface area contributed by atoms with Crippen LogP contribution in [0.3, 0.4) is 0 Å². The van der Waals surface area contributed by atoms with E-state index < -0.39 is 6.04 Å². The van der Waals surface area contributed by atoms with Crippen LogP contribution in [0.1, 0.15) is 27.8 Å². The fraction of sp³-hybridized carbons (Fsp3) is 0.0870. The molecule has 4 aromatic rings. The monoisotopic (exact) mass is 367 g/mol. The van der Waals surface area contributed by atoms with Crippen molar-refractivity contribution in [1.82, 2.24) is 14.9 Å². The number of fused-ring (bicyclic) bond motifs is 4. The summed E-state index contributed by atoms with van der Waals surface area (Å²) in [6, 6.07) is 23.9. The molecular formula is C23H17N3O2. The second-order valence-corrected chi connectivity index (χ2v) is 6.86. The first-order valence-corrected chi connectivity index (χ1v) is 9.18. The van der Waals surface area contributed by atoms with Crippen LogP contribution in [0.25, 0.3) is 16.6 Å². The molecule has 0 spiro atoms. The Morgan fingerprint density at radius 2 is 1.57 bits per heavy atom. The number of rotatable bonds is 2. The van der Waals surface area contributed by atoms with Gasteiger partial charge in [-0.15, -0.1) is 0 Å². The Labute approximate surface area is 161 Å². The Bertz CT molecular complexity index is 1260. The summed E-state index contributed by atoms with van der Waals surface area (Å²) in [4.78, 5) is 31.1. The largest absolute Gasteiger partial charge is 0.342 e. The summed E-state index contributed by atoms with van der Waals surface area (Å²) < 4.78 is 1.59. The van der Waals surface area contributed by atoms with E-state index in [4.69, 9.17) is 4.98 Å². The van der Waals surface area contributed by atoms with Crippen molar-refractivity contribution in [2.24, 2.45) is 0 Å². The highest BCUT2D eigenvalue weighted by atomic mass is 16.2. The van der Waals surface area contributed by atoms with Gasteiger partial charge in [0, 0.05) is 0 Å². The fourth-order valence-corrected chi connectivity index (χ4v) is 3.77.